The van der Waals surface area contributed by atoms with Crippen molar-refractivity contribution in [2.75, 3.05) is 25.0 Å². The summed E-state index contributed by atoms with van der Waals surface area (Å²) in [5.74, 6) is -1.03. The molecule has 2 heterocycles. The molecule has 0 bridgehead atoms. The minimum absolute atomic E-state index is 0.115. The molecule has 2 atom stereocenters. The monoisotopic (exact) mass is 373 g/mol. The van der Waals surface area contributed by atoms with E-state index in [-0.39, 0.29) is 35.2 Å². The van der Waals surface area contributed by atoms with Gasteiger partial charge in [0.05, 0.1) is 5.69 Å². The first kappa shape index (κ1) is 18.4. The molecule has 0 radical (unpaired) electrons. The minimum atomic E-state index is -0.357. The lowest BCUT2D eigenvalue weighted by atomic mass is 9.77. The van der Waals surface area contributed by atoms with Crippen molar-refractivity contribution in [1.82, 2.24) is 10.2 Å². The lowest BCUT2D eigenvalue weighted by molar-refractivity contribution is -0.141. The van der Waals surface area contributed by atoms with Crippen LogP contribution in [-0.2, 0) is 22.6 Å². The van der Waals surface area contributed by atoms with Crippen LogP contribution in [0.5, 0.6) is 0 Å². The number of hydrogen-bond acceptors (Lipinski definition) is 3. The fourth-order valence-electron chi connectivity index (χ4n) is 4.77. The quantitative estimate of drug-likeness (QED) is 0.857. The second-order valence-electron chi connectivity index (χ2n) is 8.01. The molecule has 1 aromatic rings. The van der Waals surface area contributed by atoms with Gasteiger partial charge in [-0.2, -0.15) is 0 Å². The van der Waals surface area contributed by atoms with Crippen LogP contribution in [-0.4, -0.2) is 36.3 Å². The van der Waals surface area contributed by atoms with Gasteiger partial charge in [0.2, 0.25) is 11.8 Å². The molecule has 3 aliphatic rings. The van der Waals surface area contributed by atoms with E-state index < -0.39 is 0 Å². The predicted octanol–water partition coefficient (Wildman–Crippen LogP) is 2.84. The van der Waals surface area contributed by atoms with Crippen LogP contribution < -0.4 is 10.6 Å². The van der Waals surface area contributed by atoms with Crippen LogP contribution in [0.2, 0.25) is 0 Å². The molecule has 2 unspecified atom stereocenters. The summed E-state index contributed by atoms with van der Waals surface area (Å²) in [6, 6.07) is 3.53. The highest BCUT2D eigenvalue weighted by Gasteiger charge is 2.38. The van der Waals surface area contributed by atoms with Crippen molar-refractivity contribution >= 4 is 17.5 Å². The average Bonchev–Trinajstić information content (AvgIpc) is 3.24. The molecule has 1 aromatic carbocycles. The summed E-state index contributed by atoms with van der Waals surface area (Å²) in [6.45, 7) is 3.01. The summed E-state index contributed by atoms with van der Waals surface area (Å²) in [4.78, 5) is 27.8. The van der Waals surface area contributed by atoms with E-state index in [0.717, 1.165) is 57.3 Å². The van der Waals surface area contributed by atoms with Crippen LogP contribution in [0.3, 0.4) is 0 Å². The SMILES string of the molecule is O=C(Nc1ccc2c(c1F)CCNC2)C1CCCCC1C(=O)N1CCCC1. The van der Waals surface area contributed by atoms with Gasteiger partial charge in [-0.05, 0) is 55.8 Å². The number of fused-ring (bicyclic) bond motifs is 1. The second kappa shape index (κ2) is 7.97. The van der Waals surface area contributed by atoms with Gasteiger partial charge < -0.3 is 15.5 Å². The van der Waals surface area contributed by atoms with E-state index in [1.165, 1.54) is 0 Å². The van der Waals surface area contributed by atoms with Crippen molar-refractivity contribution in [3.05, 3.63) is 29.1 Å². The summed E-state index contributed by atoms with van der Waals surface area (Å²) >= 11 is 0. The lowest BCUT2D eigenvalue weighted by Crippen LogP contribution is -2.42. The van der Waals surface area contributed by atoms with Crippen molar-refractivity contribution in [3.63, 3.8) is 0 Å². The Morgan fingerprint density at radius 2 is 1.81 bits per heavy atom. The van der Waals surface area contributed by atoms with Gasteiger partial charge in [0.15, 0.2) is 0 Å². The molecule has 2 N–H and O–H groups in total. The Labute approximate surface area is 159 Å². The van der Waals surface area contributed by atoms with Crippen molar-refractivity contribution in [1.29, 1.82) is 0 Å². The fourth-order valence-corrected chi connectivity index (χ4v) is 4.77. The molecule has 0 spiro atoms. The highest BCUT2D eigenvalue weighted by atomic mass is 19.1. The zero-order valence-corrected chi connectivity index (χ0v) is 15.7. The third kappa shape index (κ3) is 3.72. The zero-order chi connectivity index (χ0) is 18.8. The number of hydrogen-bond donors (Lipinski definition) is 2. The van der Waals surface area contributed by atoms with Gasteiger partial charge in [-0.3, -0.25) is 9.59 Å². The molecule has 5 nitrogen and oxygen atoms in total. The molecular weight excluding hydrogens is 345 g/mol. The molecule has 1 aliphatic carbocycles. The topological polar surface area (TPSA) is 61.4 Å². The molecule has 1 saturated carbocycles. The van der Waals surface area contributed by atoms with Gasteiger partial charge in [-0.1, -0.05) is 18.9 Å². The Morgan fingerprint density at radius 1 is 1.07 bits per heavy atom. The van der Waals surface area contributed by atoms with Gasteiger partial charge in [-0.15, -0.1) is 0 Å². The molecular formula is C21H28FN3O2. The molecule has 2 aliphatic heterocycles. The number of rotatable bonds is 3. The number of likely N-dealkylation sites (tertiary alicyclic amines) is 1. The highest BCUT2D eigenvalue weighted by Crippen LogP contribution is 2.34. The molecule has 27 heavy (non-hydrogen) atoms. The number of carbonyl (C=O) groups is 2. The first-order chi connectivity index (χ1) is 13.1. The summed E-state index contributed by atoms with van der Waals surface area (Å²) < 4.78 is 14.9. The Hall–Kier alpha value is -1.95. The van der Waals surface area contributed by atoms with E-state index in [1.807, 2.05) is 11.0 Å². The molecule has 2 fully saturated rings. The van der Waals surface area contributed by atoms with E-state index in [0.29, 0.717) is 24.9 Å². The van der Waals surface area contributed by atoms with Gasteiger partial charge in [0, 0.05) is 31.5 Å². The van der Waals surface area contributed by atoms with Crippen LogP contribution in [0.4, 0.5) is 10.1 Å². The summed E-state index contributed by atoms with van der Waals surface area (Å²) in [6.07, 6.45) is 6.10. The Morgan fingerprint density at radius 3 is 2.59 bits per heavy atom. The van der Waals surface area contributed by atoms with Crippen LogP contribution in [0.15, 0.2) is 12.1 Å². The third-order valence-electron chi connectivity index (χ3n) is 6.30. The molecule has 0 aromatic heterocycles. The number of halogens is 1. The standard InChI is InChI=1S/C21H28FN3O2/c22-19-15-9-10-23-13-14(15)7-8-18(19)24-20(26)16-5-1-2-6-17(16)21(27)25-11-3-4-12-25/h7-8,16-17,23H,1-6,9-13H2,(H,24,26). The number of benzene rings is 1. The van der Waals surface area contributed by atoms with E-state index in [2.05, 4.69) is 10.6 Å². The highest BCUT2D eigenvalue weighted by molar-refractivity contribution is 5.96. The Bertz CT molecular complexity index is 730. The number of nitrogens with zero attached hydrogens (tertiary/aromatic N) is 1. The van der Waals surface area contributed by atoms with Crippen molar-refractivity contribution in [2.45, 2.75) is 51.5 Å². The Balaban J connectivity index is 1.50. The number of nitrogens with one attached hydrogen (secondary N) is 2. The molecule has 4 rings (SSSR count). The maximum Gasteiger partial charge on any atom is 0.228 e. The summed E-state index contributed by atoms with van der Waals surface area (Å²) in [5.41, 5.74) is 1.90. The predicted molar refractivity (Wildman–Crippen MR) is 102 cm³/mol. The van der Waals surface area contributed by atoms with Gasteiger partial charge in [-0.25, -0.2) is 4.39 Å². The van der Waals surface area contributed by atoms with Gasteiger partial charge >= 0.3 is 0 Å². The third-order valence-corrected chi connectivity index (χ3v) is 6.30. The van der Waals surface area contributed by atoms with Crippen molar-refractivity contribution in [2.24, 2.45) is 11.8 Å². The number of anilines is 1. The second-order valence-corrected chi connectivity index (χ2v) is 8.01. The van der Waals surface area contributed by atoms with E-state index >= 15 is 0 Å². The first-order valence-electron chi connectivity index (χ1n) is 10.3. The maximum absolute atomic E-state index is 14.9. The molecule has 2 amide bonds. The van der Waals surface area contributed by atoms with Gasteiger partial charge in [0.1, 0.15) is 5.82 Å². The largest absolute Gasteiger partial charge is 0.342 e. The molecule has 146 valence electrons. The maximum atomic E-state index is 14.9. The zero-order valence-electron chi connectivity index (χ0n) is 15.7. The minimum Gasteiger partial charge on any atom is -0.342 e. The van der Waals surface area contributed by atoms with Crippen LogP contribution >= 0.6 is 0 Å². The smallest absolute Gasteiger partial charge is 0.228 e. The molecule has 1 saturated heterocycles. The first-order valence-corrected chi connectivity index (χ1v) is 10.3. The molecule has 6 heteroatoms. The lowest BCUT2D eigenvalue weighted by Gasteiger charge is -2.32. The van der Waals surface area contributed by atoms with Crippen molar-refractivity contribution in [3.8, 4) is 0 Å². The fraction of sp³-hybridized carbons (Fsp3) is 0.619. The van der Waals surface area contributed by atoms with E-state index in [9.17, 15) is 14.0 Å². The average molecular weight is 373 g/mol. The van der Waals surface area contributed by atoms with Crippen LogP contribution in [0, 0.1) is 17.7 Å². The van der Waals surface area contributed by atoms with E-state index in [1.54, 1.807) is 6.07 Å². The number of amides is 2. The van der Waals surface area contributed by atoms with Gasteiger partial charge in [0.25, 0.3) is 0 Å². The number of carbonyl (C=O) groups excluding carboxylic acids is 2. The van der Waals surface area contributed by atoms with Crippen LogP contribution in [0.1, 0.15) is 49.7 Å². The summed E-state index contributed by atoms with van der Waals surface area (Å²) in [5, 5.41) is 6.03. The van der Waals surface area contributed by atoms with Crippen molar-refractivity contribution < 1.29 is 14.0 Å². The summed E-state index contributed by atoms with van der Waals surface area (Å²) in [7, 11) is 0. The normalized spacial score (nSPS) is 25.1. The van der Waals surface area contributed by atoms with E-state index in [4.69, 9.17) is 0 Å². The Kier molecular flexibility index (Phi) is 5.43. The van der Waals surface area contributed by atoms with Crippen LogP contribution in [0.25, 0.3) is 0 Å².